The lowest BCUT2D eigenvalue weighted by molar-refractivity contribution is -0.140. The molecule has 0 unspecified atom stereocenters. The predicted molar refractivity (Wildman–Crippen MR) is 75.3 cm³/mol. The van der Waals surface area contributed by atoms with Crippen molar-refractivity contribution in [2.24, 2.45) is 0 Å². The predicted octanol–water partition coefficient (Wildman–Crippen LogP) is 3.73. The van der Waals surface area contributed by atoms with E-state index in [1.165, 1.54) is 7.11 Å². The van der Waals surface area contributed by atoms with Crippen molar-refractivity contribution in [1.82, 2.24) is 0 Å². The molecule has 0 fully saturated rings. The first-order valence-corrected chi connectivity index (χ1v) is 6.75. The normalized spacial score (nSPS) is 10.5. The van der Waals surface area contributed by atoms with Crippen LogP contribution in [-0.2, 0) is 9.53 Å². The maximum absolute atomic E-state index is 12.2. The number of benzene rings is 1. The van der Waals surface area contributed by atoms with Crippen LogP contribution in [0.5, 0.6) is 0 Å². The summed E-state index contributed by atoms with van der Waals surface area (Å²) in [5.74, 6) is 0.291. The first kappa shape index (κ1) is 15.4. The quantitative estimate of drug-likeness (QED) is 0.427. The largest absolute Gasteiger partial charge is 0.469 e. The molecule has 0 aliphatic heterocycles. The van der Waals surface area contributed by atoms with Crippen LogP contribution in [0.15, 0.2) is 24.3 Å². The maximum Gasteiger partial charge on any atom is 0.305 e. The summed E-state index contributed by atoms with van der Waals surface area (Å²) in [6, 6.07) is 7.75. The average molecular weight is 262 g/mol. The third kappa shape index (κ3) is 4.86. The Morgan fingerprint density at radius 3 is 2.37 bits per heavy atom. The lowest BCUT2D eigenvalue weighted by atomic mass is 9.93. The van der Waals surface area contributed by atoms with Crippen LogP contribution in [0.3, 0.4) is 0 Å². The van der Waals surface area contributed by atoms with E-state index in [0.717, 1.165) is 17.5 Å². The van der Waals surface area contributed by atoms with Crippen molar-refractivity contribution in [2.45, 2.75) is 45.4 Å². The van der Waals surface area contributed by atoms with Crippen LogP contribution in [0.4, 0.5) is 0 Å². The van der Waals surface area contributed by atoms with Crippen molar-refractivity contribution in [3.8, 4) is 0 Å². The van der Waals surface area contributed by atoms with Crippen molar-refractivity contribution in [1.29, 1.82) is 0 Å². The molecule has 1 aromatic rings. The number of ether oxygens (including phenoxy) is 1. The molecule has 3 heteroatoms. The van der Waals surface area contributed by atoms with E-state index in [2.05, 4.69) is 18.6 Å². The summed E-state index contributed by atoms with van der Waals surface area (Å²) in [4.78, 5) is 23.1. The zero-order valence-electron chi connectivity index (χ0n) is 11.9. The fourth-order valence-corrected chi connectivity index (χ4v) is 2.05. The highest BCUT2D eigenvalue weighted by atomic mass is 16.5. The highest BCUT2D eigenvalue weighted by molar-refractivity contribution is 5.97. The van der Waals surface area contributed by atoms with Crippen LogP contribution < -0.4 is 0 Å². The fourth-order valence-electron chi connectivity index (χ4n) is 2.05. The van der Waals surface area contributed by atoms with E-state index >= 15 is 0 Å². The van der Waals surface area contributed by atoms with Gasteiger partial charge in [0, 0.05) is 18.4 Å². The van der Waals surface area contributed by atoms with Crippen molar-refractivity contribution in [3.63, 3.8) is 0 Å². The standard InChI is InChI=1S/C16H22O3/c1-12(2)13-8-4-5-9-14(13)15(17)10-6-7-11-16(18)19-3/h4-5,8-9,12H,6-7,10-11H2,1-3H3. The van der Waals surface area contributed by atoms with Crippen molar-refractivity contribution in [2.75, 3.05) is 7.11 Å². The molecule has 3 nitrogen and oxygen atoms in total. The Morgan fingerprint density at radius 2 is 1.74 bits per heavy atom. The van der Waals surface area contributed by atoms with E-state index in [9.17, 15) is 9.59 Å². The summed E-state index contributed by atoms with van der Waals surface area (Å²) < 4.78 is 4.57. The number of carbonyl (C=O) groups is 2. The van der Waals surface area contributed by atoms with Crippen molar-refractivity contribution >= 4 is 11.8 Å². The fraction of sp³-hybridized carbons (Fsp3) is 0.500. The average Bonchev–Trinajstić information content (AvgIpc) is 2.42. The minimum Gasteiger partial charge on any atom is -0.469 e. The van der Waals surface area contributed by atoms with Gasteiger partial charge in [-0.15, -0.1) is 0 Å². The van der Waals surface area contributed by atoms with E-state index in [1.807, 2.05) is 24.3 Å². The van der Waals surface area contributed by atoms with Gasteiger partial charge in [0.2, 0.25) is 0 Å². The lowest BCUT2D eigenvalue weighted by Gasteiger charge is -2.11. The Labute approximate surface area is 115 Å². The molecule has 0 aromatic heterocycles. The molecular weight excluding hydrogens is 240 g/mol. The van der Waals surface area contributed by atoms with Crippen LogP contribution in [0.25, 0.3) is 0 Å². The first-order chi connectivity index (χ1) is 9.06. The number of esters is 1. The number of Topliss-reactive ketones (excluding diaryl/α,β-unsaturated/α-hetero) is 1. The Bertz CT molecular complexity index is 435. The van der Waals surface area contributed by atoms with Gasteiger partial charge in [-0.2, -0.15) is 0 Å². The first-order valence-electron chi connectivity index (χ1n) is 6.75. The second kappa shape index (κ2) is 7.72. The van der Waals surface area contributed by atoms with Crippen molar-refractivity contribution in [3.05, 3.63) is 35.4 Å². The summed E-state index contributed by atoms with van der Waals surface area (Å²) in [6.07, 6.45) is 2.29. The highest BCUT2D eigenvalue weighted by Gasteiger charge is 2.12. The van der Waals surface area contributed by atoms with Gasteiger partial charge >= 0.3 is 5.97 Å². The van der Waals surface area contributed by atoms with Crippen molar-refractivity contribution < 1.29 is 14.3 Å². The summed E-state index contributed by atoms with van der Waals surface area (Å²) in [5.41, 5.74) is 1.91. The van der Waals surface area contributed by atoms with Gasteiger partial charge in [0.25, 0.3) is 0 Å². The van der Waals surface area contributed by atoms with E-state index in [4.69, 9.17) is 0 Å². The third-order valence-electron chi connectivity index (χ3n) is 3.15. The molecule has 104 valence electrons. The number of methoxy groups -OCH3 is 1. The molecule has 1 rings (SSSR count). The molecule has 0 spiro atoms. The van der Waals surface area contributed by atoms with E-state index in [1.54, 1.807) is 0 Å². The minimum absolute atomic E-state index is 0.161. The van der Waals surface area contributed by atoms with Crippen LogP contribution in [0, 0.1) is 0 Å². The molecule has 0 saturated carbocycles. The van der Waals surface area contributed by atoms with Crippen LogP contribution in [0.1, 0.15) is 61.4 Å². The smallest absolute Gasteiger partial charge is 0.305 e. The molecule has 0 radical (unpaired) electrons. The second-order valence-electron chi connectivity index (χ2n) is 4.95. The van der Waals surface area contributed by atoms with Gasteiger partial charge in [-0.25, -0.2) is 0 Å². The summed E-state index contributed by atoms with van der Waals surface area (Å²) >= 11 is 0. The van der Waals surface area contributed by atoms with Gasteiger partial charge < -0.3 is 4.74 Å². The number of unbranched alkanes of at least 4 members (excludes halogenated alkanes) is 1. The maximum atomic E-state index is 12.2. The molecule has 0 N–H and O–H groups in total. The SMILES string of the molecule is COC(=O)CCCCC(=O)c1ccccc1C(C)C. The monoisotopic (exact) mass is 262 g/mol. The highest BCUT2D eigenvalue weighted by Crippen LogP contribution is 2.21. The van der Waals surface area contributed by atoms with E-state index in [0.29, 0.717) is 25.2 Å². The Kier molecular flexibility index (Phi) is 6.26. The molecular formula is C16H22O3. The lowest BCUT2D eigenvalue weighted by Crippen LogP contribution is -2.06. The Morgan fingerprint density at radius 1 is 1.11 bits per heavy atom. The third-order valence-corrected chi connectivity index (χ3v) is 3.15. The number of rotatable bonds is 7. The molecule has 0 atom stereocenters. The zero-order chi connectivity index (χ0) is 14.3. The van der Waals surface area contributed by atoms with E-state index in [-0.39, 0.29) is 11.8 Å². The molecule has 0 bridgehead atoms. The molecule has 0 aliphatic rings. The van der Waals surface area contributed by atoms with Gasteiger partial charge in [0.15, 0.2) is 5.78 Å². The Balaban J connectivity index is 2.52. The number of hydrogen-bond acceptors (Lipinski definition) is 3. The summed E-state index contributed by atoms with van der Waals surface area (Å²) in [7, 11) is 1.38. The van der Waals surface area contributed by atoms with E-state index < -0.39 is 0 Å². The topological polar surface area (TPSA) is 43.4 Å². The number of ketones is 1. The van der Waals surface area contributed by atoms with Crippen LogP contribution in [0.2, 0.25) is 0 Å². The van der Waals surface area contributed by atoms with Gasteiger partial charge in [0.05, 0.1) is 7.11 Å². The molecule has 19 heavy (non-hydrogen) atoms. The minimum atomic E-state index is -0.213. The molecule has 0 amide bonds. The molecule has 0 aliphatic carbocycles. The summed E-state index contributed by atoms with van der Waals surface area (Å²) in [5, 5.41) is 0. The van der Waals surface area contributed by atoms with Gasteiger partial charge in [0.1, 0.15) is 0 Å². The summed E-state index contributed by atoms with van der Waals surface area (Å²) in [6.45, 7) is 4.17. The van der Waals surface area contributed by atoms with Crippen LogP contribution in [-0.4, -0.2) is 18.9 Å². The van der Waals surface area contributed by atoms with Gasteiger partial charge in [-0.05, 0) is 24.3 Å². The number of hydrogen-bond donors (Lipinski definition) is 0. The molecule has 0 saturated heterocycles. The second-order valence-corrected chi connectivity index (χ2v) is 4.95. The number of carbonyl (C=O) groups excluding carboxylic acids is 2. The zero-order valence-corrected chi connectivity index (χ0v) is 11.9. The Hall–Kier alpha value is -1.64. The van der Waals surface area contributed by atoms with Gasteiger partial charge in [-0.3, -0.25) is 9.59 Å². The molecule has 1 aromatic carbocycles. The molecule has 0 heterocycles. The van der Waals surface area contributed by atoms with Crippen LogP contribution >= 0.6 is 0 Å². The van der Waals surface area contributed by atoms with Gasteiger partial charge in [-0.1, -0.05) is 38.1 Å².